The molecule has 0 atom stereocenters. The molecule has 6 nitrogen and oxygen atoms in total. The molecule has 0 unspecified atom stereocenters. The first kappa shape index (κ1) is 13.3. The number of benzene rings is 1. The SMILES string of the molecule is CCCC(C)(C)n1nnnc1-c1cc(N)cc(N)c1. The molecule has 0 aliphatic heterocycles. The highest BCUT2D eigenvalue weighted by Crippen LogP contribution is 2.28. The Hall–Kier alpha value is -2.11. The smallest absolute Gasteiger partial charge is 0.182 e. The Labute approximate surface area is 112 Å². The zero-order chi connectivity index (χ0) is 14.0. The molecule has 6 heteroatoms. The van der Waals surface area contributed by atoms with Crippen molar-refractivity contribution in [1.29, 1.82) is 0 Å². The molecule has 1 heterocycles. The van der Waals surface area contributed by atoms with Crippen molar-refractivity contribution in [1.82, 2.24) is 20.2 Å². The van der Waals surface area contributed by atoms with Gasteiger partial charge in [0.15, 0.2) is 5.82 Å². The Morgan fingerprint density at radius 1 is 1.16 bits per heavy atom. The molecule has 0 spiro atoms. The molecule has 0 amide bonds. The molecule has 1 aromatic carbocycles. The number of nitrogens with zero attached hydrogens (tertiary/aromatic N) is 4. The minimum Gasteiger partial charge on any atom is -0.399 e. The first-order chi connectivity index (χ1) is 8.94. The molecule has 2 rings (SSSR count). The summed E-state index contributed by atoms with van der Waals surface area (Å²) in [4.78, 5) is 0. The Morgan fingerprint density at radius 3 is 2.37 bits per heavy atom. The summed E-state index contributed by atoms with van der Waals surface area (Å²) in [5.41, 5.74) is 13.6. The molecule has 4 N–H and O–H groups in total. The van der Waals surface area contributed by atoms with Crippen LogP contribution in [0.2, 0.25) is 0 Å². The molecule has 0 aliphatic carbocycles. The van der Waals surface area contributed by atoms with E-state index in [9.17, 15) is 0 Å². The first-order valence-corrected chi connectivity index (χ1v) is 6.39. The van der Waals surface area contributed by atoms with E-state index in [0.29, 0.717) is 17.2 Å². The van der Waals surface area contributed by atoms with Crippen molar-refractivity contribution in [3.63, 3.8) is 0 Å². The topological polar surface area (TPSA) is 95.6 Å². The second kappa shape index (κ2) is 4.87. The number of hydrogen-bond donors (Lipinski definition) is 2. The van der Waals surface area contributed by atoms with Gasteiger partial charge in [0.2, 0.25) is 0 Å². The lowest BCUT2D eigenvalue weighted by Gasteiger charge is -2.25. The van der Waals surface area contributed by atoms with E-state index in [-0.39, 0.29) is 5.54 Å². The second-order valence-corrected chi connectivity index (χ2v) is 5.37. The van der Waals surface area contributed by atoms with Gasteiger partial charge in [-0.25, -0.2) is 4.68 Å². The number of anilines is 2. The standard InChI is InChI=1S/C13H20N6/c1-4-5-13(2,3)19-12(16-17-18-19)9-6-10(14)8-11(15)7-9/h6-8H,4-5,14-15H2,1-3H3. The van der Waals surface area contributed by atoms with E-state index >= 15 is 0 Å². The van der Waals surface area contributed by atoms with Crippen molar-refractivity contribution in [3.05, 3.63) is 18.2 Å². The van der Waals surface area contributed by atoms with Gasteiger partial charge in [0, 0.05) is 16.9 Å². The summed E-state index contributed by atoms with van der Waals surface area (Å²) >= 11 is 0. The number of nitrogens with two attached hydrogens (primary N) is 2. The summed E-state index contributed by atoms with van der Waals surface area (Å²) in [6.45, 7) is 6.38. The summed E-state index contributed by atoms with van der Waals surface area (Å²) in [5, 5.41) is 12.0. The van der Waals surface area contributed by atoms with E-state index in [0.717, 1.165) is 18.4 Å². The molecule has 0 saturated heterocycles. The fraction of sp³-hybridized carbons (Fsp3) is 0.462. The van der Waals surface area contributed by atoms with Gasteiger partial charge >= 0.3 is 0 Å². The summed E-state index contributed by atoms with van der Waals surface area (Å²) in [7, 11) is 0. The van der Waals surface area contributed by atoms with E-state index in [2.05, 4.69) is 36.3 Å². The van der Waals surface area contributed by atoms with Gasteiger partial charge in [-0.15, -0.1) is 5.10 Å². The van der Waals surface area contributed by atoms with Gasteiger partial charge < -0.3 is 11.5 Å². The molecular formula is C13H20N6. The van der Waals surface area contributed by atoms with Crippen molar-refractivity contribution in [2.45, 2.75) is 39.2 Å². The molecule has 0 saturated carbocycles. The van der Waals surface area contributed by atoms with Crippen LogP contribution < -0.4 is 11.5 Å². The van der Waals surface area contributed by atoms with E-state index in [1.54, 1.807) is 6.07 Å². The maximum Gasteiger partial charge on any atom is 0.182 e. The largest absolute Gasteiger partial charge is 0.399 e. The van der Waals surface area contributed by atoms with Crippen LogP contribution in [0, 0.1) is 0 Å². The first-order valence-electron chi connectivity index (χ1n) is 6.39. The highest BCUT2D eigenvalue weighted by molar-refractivity contribution is 5.68. The van der Waals surface area contributed by atoms with Crippen LogP contribution in [-0.4, -0.2) is 20.2 Å². The van der Waals surface area contributed by atoms with Crippen LogP contribution in [0.15, 0.2) is 18.2 Å². The fourth-order valence-corrected chi connectivity index (χ4v) is 2.30. The summed E-state index contributed by atoms with van der Waals surface area (Å²) in [6, 6.07) is 5.38. The molecule has 19 heavy (non-hydrogen) atoms. The zero-order valence-electron chi connectivity index (χ0n) is 11.6. The Morgan fingerprint density at radius 2 is 1.79 bits per heavy atom. The Bertz CT molecular complexity index is 552. The van der Waals surface area contributed by atoms with E-state index in [4.69, 9.17) is 11.5 Å². The van der Waals surface area contributed by atoms with Crippen LogP contribution >= 0.6 is 0 Å². The summed E-state index contributed by atoms with van der Waals surface area (Å²) in [5.74, 6) is 0.692. The van der Waals surface area contributed by atoms with Crippen molar-refractivity contribution >= 4 is 11.4 Å². The van der Waals surface area contributed by atoms with E-state index < -0.39 is 0 Å². The average molecular weight is 260 g/mol. The minimum absolute atomic E-state index is 0.146. The summed E-state index contributed by atoms with van der Waals surface area (Å²) in [6.07, 6.45) is 2.05. The monoisotopic (exact) mass is 260 g/mol. The Balaban J connectivity index is 2.50. The number of tetrazole rings is 1. The number of rotatable bonds is 4. The highest BCUT2D eigenvalue weighted by Gasteiger charge is 2.25. The molecule has 1 aromatic heterocycles. The molecule has 2 aromatic rings. The molecule has 0 aliphatic rings. The van der Waals surface area contributed by atoms with Crippen LogP contribution in [0.1, 0.15) is 33.6 Å². The van der Waals surface area contributed by atoms with Crippen molar-refractivity contribution in [2.24, 2.45) is 0 Å². The van der Waals surface area contributed by atoms with E-state index in [1.165, 1.54) is 0 Å². The number of aromatic nitrogens is 4. The van der Waals surface area contributed by atoms with Gasteiger partial charge in [0.1, 0.15) is 0 Å². The van der Waals surface area contributed by atoms with Gasteiger partial charge in [-0.05, 0) is 48.9 Å². The fourth-order valence-electron chi connectivity index (χ4n) is 2.30. The predicted molar refractivity (Wildman–Crippen MR) is 76.3 cm³/mol. The van der Waals surface area contributed by atoms with Crippen LogP contribution in [0.5, 0.6) is 0 Å². The third-order valence-electron chi connectivity index (χ3n) is 3.14. The lowest BCUT2D eigenvalue weighted by molar-refractivity contribution is 0.290. The van der Waals surface area contributed by atoms with Crippen molar-refractivity contribution in [2.75, 3.05) is 11.5 Å². The van der Waals surface area contributed by atoms with Gasteiger partial charge in [-0.1, -0.05) is 13.3 Å². The molecular weight excluding hydrogens is 240 g/mol. The normalized spacial score (nSPS) is 11.7. The van der Waals surface area contributed by atoms with Crippen LogP contribution in [0.25, 0.3) is 11.4 Å². The molecule has 102 valence electrons. The van der Waals surface area contributed by atoms with Gasteiger partial charge in [-0.2, -0.15) is 0 Å². The number of nitrogen functional groups attached to an aromatic ring is 2. The van der Waals surface area contributed by atoms with Gasteiger partial charge in [0.25, 0.3) is 0 Å². The lowest BCUT2D eigenvalue weighted by atomic mass is 9.98. The third-order valence-corrected chi connectivity index (χ3v) is 3.14. The second-order valence-electron chi connectivity index (χ2n) is 5.37. The Kier molecular flexibility index (Phi) is 3.42. The van der Waals surface area contributed by atoms with Crippen molar-refractivity contribution < 1.29 is 0 Å². The van der Waals surface area contributed by atoms with Gasteiger partial charge in [-0.3, -0.25) is 0 Å². The van der Waals surface area contributed by atoms with Crippen LogP contribution in [0.3, 0.4) is 0 Å². The maximum absolute atomic E-state index is 5.83. The summed E-state index contributed by atoms with van der Waals surface area (Å²) < 4.78 is 1.84. The van der Waals surface area contributed by atoms with Crippen LogP contribution in [-0.2, 0) is 5.54 Å². The number of hydrogen-bond acceptors (Lipinski definition) is 5. The molecule has 0 bridgehead atoms. The molecule has 0 radical (unpaired) electrons. The van der Waals surface area contributed by atoms with Crippen molar-refractivity contribution in [3.8, 4) is 11.4 Å². The van der Waals surface area contributed by atoms with Gasteiger partial charge in [0.05, 0.1) is 5.54 Å². The van der Waals surface area contributed by atoms with E-state index in [1.807, 2.05) is 16.8 Å². The zero-order valence-corrected chi connectivity index (χ0v) is 11.6. The maximum atomic E-state index is 5.83. The average Bonchev–Trinajstić information content (AvgIpc) is 2.76. The predicted octanol–water partition coefficient (Wildman–Crippen LogP) is 2.04. The minimum atomic E-state index is -0.146. The quantitative estimate of drug-likeness (QED) is 0.820. The third kappa shape index (κ3) is 2.67. The lowest BCUT2D eigenvalue weighted by Crippen LogP contribution is -2.28. The molecule has 0 fully saturated rings. The van der Waals surface area contributed by atoms with Crippen LogP contribution in [0.4, 0.5) is 11.4 Å². The highest BCUT2D eigenvalue weighted by atomic mass is 15.6.